The molecule has 0 aromatic carbocycles. The molecule has 17 heavy (non-hydrogen) atoms. The van der Waals surface area contributed by atoms with Crippen LogP contribution < -0.4 is 5.32 Å². The minimum atomic E-state index is -1.12. The van der Waals surface area contributed by atoms with Gasteiger partial charge in [-0.3, -0.25) is 0 Å². The zero-order valence-electron chi connectivity index (χ0n) is 10.1. The molecule has 3 N–H and O–H groups in total. The standard InChI is InChI=1S/C11H20N2O4/c1-2-13(7-8-3-4-8)11(17)12-9(5-6-14)10(15)16/h8-9,14H,2-7H2,1H3,(H,12,17)(H,15,16)/t9-/m0/s1. The molecular formula is C11H20N2O4. The van der Waals surface area contributed by atoms with Gasteiger partial charge in [0.05, 0.1) is 0 Å². The summed E-state index contributed by atoms with van der Waals surface area (Å²) in [7, 11) is 0. The highest BCUT2D eigenvalue weighted by Crippen LogP contribution is 2.29. The van der Waals surface area contributed by atoms with Crippen molar-refractivity contribution in [2.75, 3.05) is 19.7 Å². The molecule has 6 nitrogen and oxygen atoms in total. The molecule has 0 heterocycles. The highest BCUT2D eigenvalue weighted by Gasteiger charge is 2.28. The Kier molecular flexibility index (Phi) is 5.21. The molecule has 2 amide bonds. The topological polar surface area (TPSA) is 89.9 Å². The molecule has 0 radical (unpaired) electrons. The molecule has 6 heteroatoms. The van der Waals surface area contributed by atoms with Crippen LogP contribution in [0.25, 0.3) is 0 Å². The Morgan fingerprint density at radius 2 is 2.12 bits per heavy atom. The van der Waals surface area contributed by atoms with Crippen molar-refractivity contribution in [1.82, 2.24) is 10.2 Å². The van der Waals surface area contributed by atoms with Crippen molar-refractivity contribution in [2.24, 2.45) is 5.92 Å². The van der Waals surface area contributed by atoms with E-state index >= 15 is 0 Å². The lowest BCUT2D eigenvalue weighted by atomic mass is 10.2. The molecule has 0 aromatic rings. The second-order valence-electron chi connectivity index (χ2n) is 4.33. The number of carbonyl (C=O) groups is 2. The van der Waals surface area contributed by atoms with Crippen LogP contribution in [-0.2, 0) is 4.79 Å². The van der Waals surface area contributed by atoms with Gasteiger partial charge in [0.1, 0.15) is 6.04 Å². The molecule has 1 aliphatic carbocycles. The number of nitrogens with zero attached hydrogens (tertiary/aromatic N) is 1. The molecular weight excluding hydrogens is 224 g/mol. The highest BCUT2D eigenvalue weighted by molar-refractivity contribution is 5.82. The molecule has 1 fully saturated rings. The monoisotopic (exact) mass is 244 g/mol. The number of aliphatic carboxylic acids is 1. The van der Waals surface area contributed by atoms with E-state index in [1.807, 2.05) is 6.92 Å². The van der Waals surface area contributed by atoms with E-state index in [0.29, 0.717) is 19.0 Å². The van der Waals surface area contributed by atoms with E-state index in [-0.39, 0.29) is 19.1 Å². The van der Waals surface area contributed by atoms with E-state index in [1.165, 1.54) is 0 Å². The Morgan fingerprint density at radius 1 is 1.47 bits per heavy atom. The van der Waals surface area contributed by atoms with Crippen LogP contribution in [-0.4, -0.2) is 52.9 Å². The molecule has 1 atom stereocenters. The van der Waals surface area contributed by atoms with Gasteiger partial charge < -0.3 is 20.4 Å². The lowest BCUT2D eigenvalue weighted by molar-refractivity contribution is -0.139. The molecule has 1 saturated carbocycles. The zero-order valence-corrected chi connectivity index (χ0v) is 10.1. The van der Waals surface area contributed by atoms with Crippen LogP contribution in [0.5, 0.6) is 0 Å². The van der Waals surface area contributed by atoms with Crippen LogP contribution >= 0.6 is 0 Å². The van der Waals surface area contributed by atoms with E-state index in [2.05, 4.69) is 5.32 Å². The van der Waals surface area contributed by atoms with E-state index < -0.39 is 12.0 Å². The van der Waals surface area contributed by atoms with Crippen LogP contribution in [0.3, 0.4) is 0 Å². The third-order valence-corrected chi connectivity index (χ3v) is 2.86. The molecule has 1 rings (SSSR count). The Hall–Kier alpha value is -1.30. The van der Waals surface area contributed by atoms with Crippen molar-refractivity contribution in [1.29, 1.82) is 0 Å². The lowest BCUT2D eigenvalue weighted by Gasteiger charge is -2.23. The summed E-state index contributed by atoms with van der Waals surface area (Å²) in [6.07, 6.45) is 2.31. The van der Waals surface area contributed by atoms with Gasteiger partial charge in [0, 0.05) is 26.1 Å². The Labute approximate surface area is 101 Å². The second kappa shape index (κ2) is 6.44. The number of urea groups is 1. The summed E-state index contributed by atoms with van der Waals surface area (Å²) in [5, 5.41) is 20.0. The van der Waals surface area contributed by atoms with Gasteiger partial charge in [-0.2, -0.15) is 0 Å². The number of nitrogens with one attached hydrogen (secondary N) is 1. The number of aliphatic hydroxyl groups is 1. The number of amides is 2. The summed E-state index contributed by atoms with van der Waals surface area (Å²) in [5.74, 6) is -0.545. The van der Waals surface area contributed by atoms with Gasteiger partial charge in [-0.25, -0.2) is 9.59 Å². The molecule has 0 spiro atoms. The number of carboxylic acid groups (broad SMARTS) is 1. The first-order valence-corrected chi connectivity index (χ1v) is 5.97. The molecule has 1 aliphatic rings. The fourth-order valence-corrected chi connectivity index (χ4v) is 1.59. The largest absolute Gasteiger partial charge is 0.480 e. The van der Waals surface area contributed by atoms with Gasteiger partial charge in [0.2, 0.25) is 0 Å². The quantitative estimate of drug-likeness (QED) is 0.599. The van der Waals surface area contributed by atoms with Crippen molar-refractivity contribution in [2.45, 2.75) is 32.2 Å². The van der Waals surface area contributed by atoms with Crippen molar-refractivity contribution in [3.63, 3.8) is 0 Å². The van der Waals surface area contributed by atoms with Gasteiger partial charge in [-0.05, 0) is 25.7 Å². The number of hydrogen-bond acceptors (Lipinski definition) is 3. The molecule has 0 saturated heterocycles. The lowest BCUT2D eigenvalue weighted by Crippen LogP contribution is -2.48. The van der Waals surface area contributed by atoms with E-state index in [0.717, 1.165) is 12.8 Å². The first-order valence-electron chi connectivity index (χ1n) is 5.97. The van der Waals surface area contributed by atoms with Crippen molar-refractivity contribution in [3.8, 4) is 0 Å². The fraction of sp³-hybridized carbons (Fsp3) is 0.818. The molecule has 98 valence electrons. The highest BCUT2D eigenvalue weighted by atomic mass is 16.4. The second-order valence-corrected chi connectivity index (χ2v) is 4.33. The number of aliphatic hydroxyl groups excluding tert-OH is 1. The first kappa shape index (κ1) is 13.8. The molecule has 0 aromatic heterocycles. The van der Waals surface area contributed by atoms with E-state index in [4.69, 9.17) is 10.2 Å². The molecule has 0 unspecified atom stereocenters. The Morgan fingerprint density at radius 3 is 2.53 bits per heavy atom. The predicted octanol–water partition coefficient (Wildman–Crippen LogP) is 0.263. The van der Waals surface area contributed by atoms with E-state index in [1.54, 1.807) is 4.90 Å². The number of hydrogen-bond donors (Lipinski definition) is 3. The molecule has 0 bridgehead atoms. The zero-order chi connectivity index (χ0) is 12.8. The van der Waals surface area contributed by atoms with Crippen molar-refractivity contribution >= 4 is 12.0 Å². The summed E-state index contributed by atoms with van der Waals surface area (Å²) in [6.45, 7) is 2.86. The summed E-state index contributed by atoms with van der Waals surface area (Å²) in [6, 6.07) is -1.37. The normalized spacial score (nSPS) is 16.4. The number of carboxylic acids is 1. The molecule has 0 aliphatic heterocycles. The number of carbonyl (C=O) groups excluding carboxylic acids is 1. The van der Waals surface area contributed by atoms with Gasteiger partial charge in [0.25, 0.3) is 0 Å². The minimum Gasteiger partial charge on any atom is -0.480 e. The summed E-state index contributed by atoms with van der Waals surface area (Å²) in [4.78, 5) is 24.2. The average molecular weight is 244 g/mol. The van der Waals surface area contributed by atoms with Crippen LogP contribution in [0.15, 0.2) is 0 Å². The Balaban J connectivity index is 2.44. The van der Waals surface area contributed by atoms with Crippen molar-refractivity contribution < 1.29 is 19.8 Å². The maximum atomic E-state index is 11.8. The van der Waals surface area contributed by atoms with Gasteiger partial charge in [-0.15, -0.1) is 0 Å². The fourth-order valence-electron chi connectivity index (χ4n) is 1.59. The van der Waals surface area contributed by atoms with E-state index in [9.17, 15) is 9.59 Å². The maximum absolute atomic E-state index is 11.8. The van der Waals surface area contributed by atoms with Gasteiger partial charge >= 0.3 is 12.0 Å². The summed E-state index contributed by atoms with van der Waals surface area (Å²) < 4.78 is 0. The predicted molar refractivity (Wildman–Crippen MR) is 61.6 cm³/mol. The summed E-state index contributed by atoms with van der Waals surface area (Å²) in [5.41, 5.74) is 0. The number of rotatable bonds is 7. The first-order chi connectivity index (χ1) is 8.08. The smallest absolute Gasteiger partial charge is 0.326 e. The average Bonchev–Trinajstić information content (AvgIpc) is 3.08. The summed E-state index contributed by atoms with van der Waals surface area (Å²) >= 11 is 0. The van der Waals surface area contributed by atoms with Crippen LogP contribution in [0.2, 0.25) is 0 Å². The van der Waals surface area contributed by atoms with Crippen LogP contribution in [0.1, 0.15) is 26.2 Å². The van der Waals surface area contributed by atoms with Gasteiger partial charge in [0.15, 0.2) is 0 Å². The maximum Gasteiger partial charge on any atom is 0.326 e. The minimum absolute atomic E-state index is 0.0298. The van der Waals surface area contributed by atoms with Crippen LogP contribution in [0.4, 0.5) is 4.79 Å². The Bertz CT molecular complexity index is 279. The third-order valence-electron chi connectivity index (χ3n) is 2.86. The van der Waals surface area contributed by atoms with Crippen LogP contribution in [0, 0.1) is 5.92 Å². The van der Waals surface area contributed by atoms with Gasteiger partial charge in [-0.1, -0.05) is 0 Å². The third kappa shape index (κ3) is 4.60. The SMILES string of the molecule is CCN(CC1CC1)C(=O)N[C@@H](CCO)C(=O)O. The van der Waals surface area contributed by atoms with Crippen molar-refractivity contribution in [3.05, 3.63) is 0 Å².